The van der Waals surface area contributed by atoms with Crippen LogP contribution in [0.4, 0.5) is 5.69 Å². The van der Waals surface area contributed by atoms with E-state index in [0.717, 1.165) is 17.9 Å². The van der Waals surface area contributed by atoms with Gasteiger partial charge in [-0.05, 0) is 25.5 Å². The molecule has 0 aliphatic carbocycles. The summed E-state index contributed by atoms with van der Waals surface area (Å²) in [5, 5.41) is 6.14. The fourth-order valence-electron chi connectivity index (χ4n) is 1.50. The molecule has 1 amide bonds. The fourth-order valence-corrected chi connectivity index (χ4v) is 1.50. The second kappa shape index (κ2) is 7.58. The van der Waals surface area contributed by atoms with E-state index < -0.39 is 0 Å². The molecule has 1 rings (SSSR count). The average molecular weight is 250 g/mol. The van der Waals surface area contributed by atoms with Gasteiger partial charge in [0.25, 0.3) is 0 Å². The topological polar surface area (TPSA) is 50.4 Å². The number of methoxy groups -OCH3 is 1. The first-order chi connectivity index (χ1) is 8.65. The van der Waals surface area contributed by atoms with E-state index in [1.807, 2.05) is 31.2 Å². The zero-order chi connectivity index (χ0) is 13.4. The summed E-state index contributed by atoms with van der Waals surface area (Å²) in [6.45, 7) is 4.68. The Morgan fingerprint density at radius 1 is 1.44 bits per heavy atom. The summed E-state index contributed by atoms with van der Waals surface area (Å²) in [5.74, 6) is 0.892. The molecule has 2 N–H and O–H groups in total. The molecule has 0 saturated heterocycles. The minimum atomic E-state index is 0.0831. The van der Waals surface area contributed by atoms with E-state index in [4.69, 9.17) is 4.74 Å². The molecule has 0 aliphatic rings. The average Bonchev–Trinajstić information content (AvgIpc) is 2.38. The van der Waals surface area contributed by atoms with E-state index in [9.17, 15) is 4.79 Å². The lowest BCUT2D eigenvalue weighted by Gasteiger charge is -2.12. The first-order valence-corrected chi connectivity index (χ1v) is 6.33. The largest absolute Gasteiger partial charge is 0.497 e. The molecular formula is C14H22N2O2. The molecule has 0 fully saturated rings. The minimum Gasteiger partial charge on any atom is -0.497 e. The molecule has 1 aromatic rings. The summed E-state index contributed by atoms with van der Waals surface area (Å²) < 4.78 is 5.13. The van der Waals surface area contributed by atoms with Crippen LogP contribution in [0.2, 0.25) is 0 Å². The van der Waals surface area contributed by atoms with Crippen LogP contribution in [0.3, 0.4) is 0 Å². The number of anilines is 1. The van der Waals surface area contributed by atoms with Crippen molar-refractivity contribution in [1.82, 2.24) is 5.32 Å². The van der Waals surface area contributed by atoms with Crippen LogP contribution in [0.15, 0.2) is 24.3 Å². The third-order valence-electron chi connectivity index (χ3n) is 2.77. The quantitative estimate of drug-likeness (QED) is 0.781. The summed E-state index contributed by atoms with van der Waals surface area (Å²) in [6.07, 6.45) is 1.43. The van der Waals surface area contributed by atoms with Gasteiger partial charge < -0.3 is 15.4 Å². The normalized spacial score (nSPS) is 11.7. The summed E-state index contributed by atoms with van der Waals surface area (Å²) in [7, 11) is 1.64. The molecule has 0 heterocycles. The van der Waals surface area contributed by atoms with Gasteiger partial charge in [0, 0.05) is 30.8 Å². The van der Waals surface area contributed by atoms with E-state index in [2.05, 4.69) is 17.6 Å². The third kappa shape index (κ3) is 5.08. The van der Waals surface area contributed by atoms with Crippen molar-refractivity contribution in [2.75, 3.05) is 19.0 Å². The molecule has 4 heteroatoms. The van der Waals surface area contributed by atoms with Gasteiger partial charge in [-0.2, -0.15) is 0 Å². The minimum absolute atomic E-state index is 0.0831. The number of benzene rings is 1. The zero-order valence-electron chi connectivity index (χ0n) is 11.3. The Morgan fingerprint density at radius 3 is 2.89 bits per heavy atom. The van der Waals surface area contributed by atoms with Gasteiger partial charge in [0.05, 0.1) is 7.11 Å². The third-order valence-corrected chi connectivity index (χ3v) is 2.77. The zero-order valence-corrected chi connectivity index (χ0v) is 11.3. The Hall–Kier alpha value is -1.71. The van der Waals surface area contributed by atoms with Crippen molar-refractivity contribution in [2.24, 2.45) is 0 Å². The van der Waals surface area contributed by atoms with Crippen LogP contribution in [0, 0.1) is 0 Å². The van der Waals surface area contributed by atoms with Gasteiger partial charge in [0.15, 0.2) is 0 Å². The van der Waals surface area contributed by atoms with Crippen LogP contribution >= 0.6 is 0 Å². The summed E-state index contributed by atoms with van der Waals surface area (Å²) in [4.78, 5) is 11.5. The highest BCUT2D eigenvalue weighted by atomic mass is 16.5. The van der Waals surface area contributed by atoms with E-state index in [-0.39, 0.29) is 11.9 Å². The molecule has 0 aromatic heterocycles. The number of hydrogen-bond donors (Lipinski definition) is 2. The van der Waals surface area contributed by atoms with E-state index in [1.165, 1.54) is 0 Å². The SMILES string of the molecule is CCC(C)NC(=O)CCNc1cccc(OC)c1. The molecule has 0 bridgehead atoms. The standard InChI is InChI=1S/C14H22N2O2/c1-4-11(2)16-14(17)8-9-15-12-6-5-7-13(10-12)18-3/h5-7,10-11,15H,4,8-9H2,1-3H3,(H,16,17). The second-order valence-corrected chi connectivity index (χ2v) is 4.29. The Morgan fingerprint density at radius 2 is 2.22 bits per heavy atom. The maximum absolute atomic E-state index is 11.5. The van der Waals surface area contributed by atoms with Crippen LogP contribution in [0.5, 0.6) is 5.75 Å². The van der Waals surface area contributed by atoms with Crippen LogP contribution in [-0.2, 0) is 4.79 Å². The molecule has 18 heavy (non-hydrogen) atoms. The molecule has 1 aromatic carbocycles. The smallest absolute Gasteiger partial charge is 0.221 e. The van der Waals surface area contributed by atoms with Crippen molar-refractivity contribution in [1.29, 1.82) is 0 Å². The van der Waals surface area contributed by atoms with Gasteiger partial charge in [-0.15, -0.1) is 0 Å². The lowest BCUT2D eigenvalue weighted by Crippen LogP contribution is -2.32. The highest BCUT2D eigenvalue weighted by Gasteiger charge is 2.04. The number of rotatable bonds is 7. The first kappa shape index (κ1) is 14.4. The second-order valence-electron chi connectivity index (χ2n) is 4.29. The van der Waals surface area contributed by atoms with E-state index in [0.29, 0.717) is 13.0 Å². The molecule has 1 unspecified atom stereocenters. The molecule has 100 valence electrons. The molecule has 0 spiro atoms. The van der Waals surface area contributed by atoms with Crippen molar-refractivity contribution in [3.05, 3.63) is 24.3 Å². The van der Waals surface area contributed by atoms with Crippen LogP contribution in [-0.4, -0.2) is 25.6 Å². The number of carbonyl (C=O) groups excluding carboxylic acids is 1. The Labute approximate surface area is 109 Å². The van der Waals surface area contributed by atoms with Crippen molar-refractivity contribution < 1.29 is 9.53 Å². The van der Waals surface area contributed by atoms with Crippen LogP contribution < -0.4 is 15.4 Å². The monoisotopic (exact) mass is 250 g/mol. The van der Waals surface area contributed by atoms with Gasteiger partial charge >= 0.3 is 0 Å². The molecule has 0 radical (unpaired) electrons. The van der Waals surface area contributed by atoms with Crippen molar-refractivity contribution in [3.8, 4) is 5.75 Å². The molecule has 4 nitrogen and oxygen atoms in total. The molecular weight excluding hydrogens is 228 g/mol. The number of carbonyl (C=O) groups is 1. The van der Waals surface area contributed by atoms with E-state index >= 15 is 0 Å². The predicted molar refractivity (Wildman–Crippen MR) is 74.0 cm³/mol. The highest BCUT2D eigenvalue weighted by Crippen LogP contribution is 2.16. The fraction of sp³-hybridized carbons (Fsp3) is 0.500. The van der Waals surface area contributed by atoms with Gasteiger partial charge in [-0.25, -0.2) is 0 Å². The van der Waals surface area contributed by atoms with Crippen molar-refractivity contribution in [3.63, 3.8) is 0 Å². The molecule has 0 aliphatic heterocycles. The highest BCUT2D eigenvalue weighted by molar-refractivity contribution is 5.76. The maximum Gasteiger partial charge on any atom is 0.221 e. The predicted octanol–water partition coefficient (Wildman–Crippen LogP) is 2.41. The Balaban J connectivity index is 2.30. The molecule has 0 saturated carbocycles. The number of amides is 1. The van der Waals surface area contributed by atoms with E-state index in [1.54, 1.807) is 7.11 Å². The molecule has 1 atom stereocenters. The number of nitrogens with one attached hydrogen (secondary N) is 2. The van der Waals surface area contributed by atoms with Gasteiger partial charge in [0.1, 0.15) is 5.75 Å². The van der Waals surface area contributed by atoms with Crippen molar-refractivity contribution >= 4 is 11.6 Å². The first-order valence-electron chi connectivity index (χ1n) is 6.33. The van der Waals surface area contributed by atoms with Gasteiger partial charge in [-0.3, -0.25) is 4.79 Å². The maximum atomic E-state index is 11.5. The van der Waals surface area contributed by atoms with Crippen molar-refractivity contribution in [2.45, 2.75) is 32.7 Å². The Bertz CT molecular complexity index is 380. The number of ether oxygens (including phenoxy) is 1. The van der Waals surface area contributed by atoms with Crippen LogP contribution in [0.25, 0.3) is 0 Å². The lowest BCUT2D eigenvalue weighted by molar-refractivity contribution is -0.121. The Kier molecular flexibility index (Phi) is 6.05. The number of hydrogen-bond acceptors (Lipinski definition) is 3. The summed E-state index contributed by atoms with van der Waals surface area (Å²) >= 11 is 0. The summed E-state index contributed by atoms with van der Waals surface area (Å²) in [6, 6.07) is 7.91. The van der Waals surface area contributed by atoms with Crippen LogP contribution in [0.1, 0.15) is 26.7 Å². The summed E-state index contributed by atoms with van der Waals surface area (Å²) in [5.41, 5.74) is 0.964. The van der Waals surface area contributed by atoms with Gasteiger partial charge in [-0.1, -0.05) is 13.0 Å². The lowest BCUT2D eigenvalue weighted by atomic mass is 10.2. The van der Waals surface area contributed by atoms with Gasteiger partial charge in [0.2, 0.25) is 5.91 Å².